The average molecular weight is 410 g/mol. The van der Waals surface area contributed by atoms with Crippen LogP contribution in [0.25, 0.3) is 22.0 Å². The fraction of sp³-hybridized carbons (Fsp3) is 0.381. The average Bonchev–Trinajstić information content (AvgIpc) is 3.59. The lowest BCUT2D eigenvalue weighted by atomic mass is 9.96. The van der Waals surface area contributed by atoms with Gasteiger partial charge in [0.1, 0.15) is 11.2 Å². The molecule has 1 aromatic carbocycles. The highest BCUT2D eigenvalue weighted by Crippen LogP contribution is 2.45. The molecule has 2 fully saturated rings. The zero-order chi connectivity index (χ0) is 20.3. The highest BCUT2D eigenvalue weighted by Gasteiger charge is 2.32. The Morgan fingerprint density at radius 1 is 1.21 bits per heavy atom. The van der Waals surface area contributed by atoms with Crippen LogP contribution in [0.1, 0.15) is 53.3 Å². The monoisotopic (exact) mass is 410 g/mol. The molecule has 8 heteroatoms. The van der Waals surface area contributed by atoms with Crippen LogP contribution in [0.5, 0.6) is 0 Å². The van der Waals surface area contributed by atoms with Gasteiger partial charge >= 0.3 is 0 Å². The Morgan fingerprint density at radius 2 is 1.97 bits per heavy atom. The van der Waals surface area contributed by atoms with E-state index >= 15 is 0 Å². The Labute approximate surface area is 168 Å². The summed E-state index contributed by atoms with van der Waals surface area (Å²) in [6.07, 6.45) is 7.01. The lowest BCUT2D eigenvalue weighted by Gasteiger charge is -2.13. The Balaban J connectivity index is 1.74. The first-order valence-electron chi connectivity index (χ1n) is 9.82. The van der Waals surface area contributed by atoms with Crippen LogP contribution in [0.15, 0.2) is 29.3 Å². The van der Waals surface area contributed by atoms with E-state index in [1.54, 1.807) is 25.3 Å². The third-order valence-electron chi connectivity index (χ3n) is 5.60. The standard InChI is InChI=1S/C21H22N4O3S/c1-11-9-13(5-8-16(11)29(2,27)28)17-18-15(24-25-19(18)12-3-4-12)10-22-20(17)21(26)23-14-6-7-14/h5,8-10,12,14H,3-4,6-7H2,1-2H3,(H,23,26)(H,24,25). The SMILES string of the molecule is Cc1cc(-c2c(C(=O)NC3CC3)ncc3n[nH]c(C4CC4)c23)ccc1S(C)(=O)=O. The molecule has 3 aromatic rings. The minimum Gasteiger partial charge on any atom is -0.348 e. The number of aromatic amines is 1. The van der Waals surface area contributed by atoms with E-state index in [1.807, 2.05) is 6.07 Å². The number of aromatic nitrogens is 3. The first-order chi connectivity index (χ1) is 13.8. The summed E-state index contributed by atoms with van der Waals surface area (Å²) in [7, 11) is -3.32. The van der Waals surface area contributed by atoms with E-state index in [-0.39, 0.29) is 11.9 Å². The van der Waals surface area contributed by atoms with Crippen molar-refractivity contribution in [3.8, 4) is 11.1 Å². The molecule has 2 heterocycles. The largest absolute Gasteiger partial charge is 0.348 e. The summed E-state index contributed by atoms with van der Waals surface area (Å²) in [5.74, 6) is 0.217. The van der Waals surface area contributed by atoms with Crippen molar-refractivity contribution in [1.29, 1.82) is 0 Å². The molecule has 0 saturated heterocycles. The molecule has 2 N–H and O–H groups in total. The van der Waals surface area contributed by atoms with Gasteiger partial charge in [-0.05, 0) is 49.8 Å². The molecule has 0 bridgehead atoms. The van der Waals surface area contributed by atoms with Gasteiger partial charge in [0.15, 0.2) is 9.84 Å². The number of nitrogens with zero attached hydrogens (tertiary/aromatic N) is 2. The summed E-state index contributed by atoms with van der Waals surface area (Å²) in [5.41, 5.74) is 4.25. The second kappa shape index (κ2) is 6.38. The topological polar surface area (TPSA) is 105 Å². The lowest BCUT2D eigenvalue weighted by molar-refractivity contribution is 0.0947. The van der Waals surface area contributed by atoms with Gasteiger partial charge in [-0.3, -0.25) is 9.89 Å². The minimum atomic E-state index is -3.32. The number of carbonyl (C=O) groups is 1. The summed E-state index contributed by atoms with van der Waals surface area (Å²) in [6.45, 7) is 1.77. The van der Waals surface area contributed by atoms with Crippen molar-refractivity contribution in [1.82, 2.24) is 20.5 Å². The highest BCUT2D eigenvalue weighted by molar-refractivity contribution is 7.90. The van der Waals surface area contributed by atoms with Gasteiger partial charge in [0.2, 0.25) is 0 Å². The van der Waals surface area contributed by atoms with Crippen molar-refractivity contribution in [2.75, 3.05) is 6.26 Å². The molecule has 0 aliphatic heterocycles. The molecule has 0 radical (unpaired) electrons. The maximum atomic E-state index is 13.0. The van der Waals surface area contributed by atoms with E-state index < -0.39 is 9.84 Å². The normalized spacial score (nSPS) is 16.9. The fourth-order valence-electron chi connectivity index (χ4n) is 3.86. The molecule has 2 aromatic heterocycles. The molecule has 2 saturated carbocycles. The quantitative estimate of drug-likeness (QED) is 0.672. The number of pyridine rings is 1. The highest BCUT2D eigenvalue weighted by atomic mass is 32.2. The number of benzene rings is 1. The minimum absolute atomic E-state index is 0.197. The van der Waals surface area contributed by atoms with Crippen molar-refractivity contribution < 1.29 is 13.2 Å². The number of carbonyl (C=O) groups excluding carboxylic acids is 1. The van der Waals surface area contributed by atoms with Gasteiger partial charge < -0.3 is 5.32 Å². The summed E-state index contributed by atoms with van der Waals surface area (Å²) in [6, 6.07) is 5.41. The number of hydrogen-bond donors (Lipinski definition) is 2. The summed E-state index contributed by atoms with van der Waals surface area (Å²) in [4.78, 5) is 17.7. The zero-order valence-corrected chi connectivity index (χ0v) is 17.1. The lowest BCUT2D eigenvalue weighted by Crippen LogP contribution is -2.27. The van der Waals surface area contributed by atoms with Gasteiger partial charge in [-0.15, -0.1) is 0 Å². The zero-order valence-electron chi connectivity index (χ0n) is 16.3. The van der Waals surface area contributed by atoms with Crippen molar-refractivity contribution in [2.24, 2.45) is 0 Å². The molecule has 29 heavy (non-hydrogen) atoms. The summed E-state index contributed by atoms with van der Waals surface area (Å²) >= 11 is 0. The van der Waals surface area contributed by atoms with Crippen LogP contribution >= 0.6 is 0 Å². The van der Waals surface area contributed by atoms with Crippen LogP contribution in [0.2, 0.25) is 0 Å². The molecule has 5 rings (SSSR count). The number of rotatable bonds is 5. The molecule has 0 spiro atoms. The molecule has 1 amide bonds. The predicted octanol–water partition coefficient (Wildman–Crippen LogP) is 3.11. The maximum Gasteiger partial charge on any atom is 0.270 e. The number of nitrogens with one attached hydrogen (secondary N) is 2. The van der Waals surface area contributed by atoms with Gasteiger partial charge in [0.25, 0.3) is 5.91 Å². The van der Waals surface area contributed by atoms with E-state index in [4.69, 9.17) is 0 Å². The number of fused-ring (bicyclic) bond motifs is 1. The van der Waals surface area contributed by atoms with E-state index in [9.17, 15) is 13.2 Å². The molecule has 2 aliphatic carbocycles. The van der Waals surface area contributed by atoms with Crippen LogP contribution in [0.3, 0.4) is 0 Å². The summed E-state index contributed by atoms with van der Waals surface area (Å²) < 4.78 is 24.1. The van der Waals surface area contributed by atoms with E-state index in [0.717, 1.165) is 53.4 Å². The van der Waals surface area contributed by atoms with Gasteiger partial charge in [-0.2, -0.15) is 5.10 Å². The van der Waals surface area contributed by atoms with Crippen LogP contribution in [-0.4, -0.2) is 41.8 Å². The van der Waals surface area contributed by atoms with Crippen LogP contribution in [0, 0.1) is 6.92 Å². The Morgan fingerprint density at radius 3 is 2.59 bits per heavy atom. The predicted molar refractivity (Wildman–Crippen MR) is 110 cm³/mol. The van der Waals surface area contributed by atoms with Crippen molar-refractivity contribution in [3.63, 3.8) is 0 Å². The van der Waals surface area contributed by atoms with Crippen molar-refractivity contribution >= 4 is 26.6 Å². The fourth-order valence-corrected chi connectivity index (χ4v) is 4.82. The van der Waals surface area contributed by atoms with Gasteiger partial charge in [-0.1, -0.05) is 12.1 Å². The molecule has 2 aliphatic rings. The van der Waals surface area contributed by atoms with Gasteiger partial charge in [0.05, 0.1) is 11.1 Å². The number of amides is 1. The number of aryl methyl sites for hydroxylation is 1. The van der Waals surface area contributed by atoms with Crippen LogP contribution < -0.4 is 5.32 Å². The first kappa shape index (κ1) is 18.3. The van der Waals surface area contributed by atoms with Gasteiger partial charge in [0, 0.05) is 34.9 Å². The second-order valence-corrected chi connectivity index (χ2v) is 10.1. The molecular formula is C21H22N4O3S. The number of sulfone groups is 1. The Bertz CT molecular complexity index is 1250. The second-order valence-electron chi connectivity index (χ2n) is 8.15. The molecule has 150 valence electrons. The Kier molecular flexibility index (Phi) is 4.03. The molecule has 0 unspecified atom stereocenters. The van der Waals surface area contributed by atoms with Crippen LogP contribution in [0.4, 0.5) is 0 Å². The Hall–Kier alpha value is -2.74. The third kappa shape index (κ3) is 3.31. The number of H-pyrrole nitrogens is 1. The maximum absolute atomic E-state index is 13.0. The third-order valence-corrected chi connectivity index (χ3v) is 6.86. The van der Waals surface area contributed by atoms with Crippen molar-refractivity contribution in [2.45, 2.75) is 49.5 Å². The number of hydrogen-bond acceptors (Lipinski definition) is 5. The molecule has 0 atom stereocenters. The van der Waals surface area contributed by atoms with E-state index in [2.05, 4.69) is 20.5 Å². The van der Waals surface area contributed by atoms with Crippen LogP contribution in [-0.2, 0) is 9.84 Å². The van der Waals surface area contributed by atoms with Crippen molar-refractivity contribution in [3.05, 3.63) is 41.3 Å². The first-order valence-corrected chi connectivity index (χ1v) is 11.7. The smallest absolute Gasteiger partial charge is 0.270 e. The molecule has 7 nitrogen and oxygen atoms in total. The molecular weight excluding hydrogens is 388 g/mol. The van der Waals surface area contributed by atoms with E-state index in [1.165, 1.54) is 6.26 Å². The van der Waals surface area contributed by atoms with E-state index in [0.29, 0.717) is 22.1 Å². The summed E-state index contributed by atoms with van der Waals surface area (Å²) in [5, 5.41) is 11.5. The van der Waals surface area contributed by atoms with Gasteiger partial charge in [-0.25, -0.2) is 13.4 Å².